The van der Waals surface area contributed by atoms with Gasteiger partial charge in [0.1, 0.15) is 6.04 Å². The molecule has 1 amide bonds. The molecule has 122 valence electrons. The molecule has 0 bridgehead atoms. The van der Waals surface area contributed by atoms with Crippen molar-refractivity contribution in [1.29, 1.82) is 0 Å². The van der Waals surface area contributed by atoms with Crippen molar-refractivity contribution in [3.05, 3.63) is 12.7 Å². The fraction of sp³-hybridized carbons (Fsp3) is 0.714. The van der Waals surface area contributed by atoms with Gasteiger partial charge in [0.15, 0.2) is 6.29 Å². The van der Waals surface area contributed by atoms with Gasteiger partial charge in [0.2, 0.25) is 5.91 Å². The van der Waals surface area contributed by atoms with E-state index in [9.17, 15) is 9.59 Å². The SMILES string of the molecule is C=CCCCCC(CCN)C(=O)N[C@@H](CC(O)O)C(=O)O. The first kappa shape index (κ1) is 19.6. The van der Waals surface area contributed by atoms with Crippen LogP contribution in [0, 0.1) is 5.92 Å². The van der Waals surface area contributed by atoms with E-state index < -0.39 is 30.6 Å². The maximum absolute atomic E-state index is 12.1. The first-order valence-corrected chi connectivity index (χ1v) is 7.12. The van der Waals surface area contributed by atoms with Gasteiger partial charge < -0.3 is 26.4 Å². The minimum atomic E-state index is -1.79. The van der Waals surface area contributed by atoms with Gasteiger partial charge in [-0.3, -0.25) is 4.79 Å². The number of hydrogen-bond acceptors (Lipinski definition) is 5. The minimum Gasteiger partial charge on any atom is -0.480 e. The molecular weight excluding hydrogens is 276 g/mol. The van der Waals surface area contributed by atoms with E-state index in [0.29, 0.717) is 19.4 Å². The van der Waals surface area contributed by atoms with Crippen molar-refractivity contribution in [3.63, 3.8) is 0 Å². The van der Waals surface area contributed by atoms with Crippen molar-refractivity contribution in [1.82, 2.24) is 5.32 Å². The van der Waals surface area contributed by atoms with Crippen LogP contribution in [-0.2, 0) is 9.59 Å². The zero-order valence-electron chi connectivity index (χ0n) is 12.2. The third-order valence-electron chi connectivity index (χ3n) is 3.16. The number of carbonyl (C=O) groups is 2. The Morgan fingerprint density at radius 2 is 1.90 bits per heavy atom. The molecule has 0 fully saturated rings. The van der Waals surface area contributed by atoms with Gasteiger partial charge in [0, 0.05) is 12.3 Å². The second-order valence-electron chi connectivity index (χ2n) is 4.96. The van der Waals surface area contributed by atoms with E-state index in [-0.39, 0.29) is 5.92 Å². The quantitative estimate of drug-likeness (QED) is 0.195. The topological polar surface area (TPSA) is 133 Å². The number of nitrogens with one attached hydrogen (secondary N) is 1. The highest BCUT2D eigenvalue weighted by molar-refractivity contribution is 5.84. The number of nitrogens with two attached hydrogens (primary N) is 1. The van der Waals surface area contributed by atoms with Crippen LogP contribution in [-0.4, -0.2) is 46.1 Å². The van der Waals surface area contributed by atoms with Gasteiger partial charge in [0.25, 0.3) is 0 Å². The van der Waals surface area contributed by atoms with E-state index in [1.165, 1.54) is 0 Å². The molecule has 6 N–H and O–H groups in total. The van der Waals surface area contributed by atoms with Crippen molar-refractivity contribution < 1.29 is 24.9 Å². The number of amides is 1. The van der Waals surface area contributed by atoms with Gasteiger partial charge in [0.05, 0.1) is 0 Å². The third kappa shape index (κ3) is 9.17. The molecule has 2 atom stereocenters. The zero-order valence-corrected chi connectivity index (χ0v) is 12.2. The van der Waals surface area contributed by atoms with Gasteiger partial charge in [-0.1, -0.05) is 12.5 Å². The van der Waals surface area contributed by atoms with E-state index in [1.807, 2.05) is 0 Å². The van der Waals surface area contributed by atoms with E-state index in [1.54, 1.807) is 6.08 Å². The molecule has 0 aromatic carbocycles. The number of rotatable bonds is 12. The number of aliphatic carboxylic acids is 1. The fourth-order valence-electron chi connectivity index (χ4n) is 2.01. The lowest BCUT2D eigenvalue weighted by Gasteiger charge is -2.20. The van der Waals surface area contributed by atoms with Crippen molar-refractivity contribution in [2.75, 3.05) is 6.54 Å². The molecule has 0 aliphatic rings. The molecule has 0 heterocycles. The summed E-state index contributed by atoms with van der Waals surface area (Å²) in [7, 11) is 0. The summed E-state index contributed by atoms with van der Waals surface area (Å²) in [5.41, 5.74) is 5.48. The molecule has 0 saturated heterocycles. The molecule has 0 aromatic heterocycles. The largest absolute Gasteiger partial charge is 0.480 e. The number of carboxylic acids is 1. The minimum absolute atomic E-state index is 0.333. The number of aliphatic hydroxyl groups is 2. The number of carboxylic acid groups (broad SMARTS) is 1. The van der Waals surface area contributed by atoms with Crippen LogP contribution in [0.25, 0.3) is 0 Å². The van der Waals surface area contributed by atoms with Crippen molar-refractivity contribution >= 4 is 11.9 Å². The zero-order chi connectivity index (χ0) is 16.3. The van der Waals surface area contributed by atoms with Crippen LogP contribution >= 0.6 is 0 Å². The Morgan fingerprint density at radius 1 is 1.24 bits per heavy atom. The van der Waals surface area contributed by atoms with Crippen LogP contribution in [0.1, 0.15) is 38.5 Å². The van der Waals surface area contributed by atoms with Gasteiger partial charge in [-0.15, -0.1) is 6.58 Å². The fourth-order valence-corrected chi connectivity index (χ4v) is 2.01. The predicted molar refractivity (Wildman–Crippen MR) is 78.2 cm³/mol. The molecule has 0 spiro atoms. The average molecular weight is 302 g/mol. The second kappa shape index (κ2) is 11.2. The molecule has 7 heteroatoms. The van der Waals surface area contributed by atoms with E-state index >= 15 is 0 Å². The molecule has 7 nitrogen and oxygen atoms in total. The summed E-state index contributed by atoms with van der Waals surface area (Å²) in [6, 6.07) is -1.31. The predicted octanol–water partition coefficient (Wildman–Crippen LogP) is -0.0320. The Kier molecular flexibility index (Phi) is 10.5. The Labute approximate surface area is 124 Å². The van der Waals surface area contributed by atoms with Crippen LogP contribution < -0.4 is 11.1 Å². The maximum Gasteiger partial charge on any atom is 0.326 e. The van der Waals surface area contributed by atoms with Crippen molar-refractivity contribution in [3.8, 4) is 0 Å². The molecular formula is C14H26N2O5. The Balaban J connectivity index is 4.48. The van der Waals surface area contributed by atoms with E-state index in [0.717, 1.165) is 19.3 Å². The highest BCUT2D eigenvalue weighted by Crippen LogP contribution is 2.14. The Hall–Kier alpha value is -1.44. The van der Waals surface area contributed by atoms with Gasteiger partial charge >= 0.3 is 5.97 Å². The average Bonchev–Trinajstić information content (AvgIpc) is 2.40. The van der Waals surface area contributed by atoms with Crippen LogP contribution in [0.5, 0.6) is 0 Å². The smallest absolute Gasteiger partial charge is 0.326 e. The molecule has 0 radical (unpaired) electrons. The Morgan fingerprint density at radius 3 is 2.38 bits per heavy atom. The maximum atomic E-state index is 12.1. The first-order valence-electron chi connectivity index (χ1n) is 7.12. The highest BCUT2D eigenvalue weighted by Gasteiger charge is 2.26. The summed E-state index contributed by atoms with van der Waals surface area (Å²) in [5, 5.41) is 29.0. The summed E-state index contributed by atoms with van der Waals surface area (Å²) >= 11 is 0. The number of hydrogen-bond donors (Lipinski definition) is 5. The van der Waals surface area contributed by atoms with Gasteiger partial charge in [-0.2, -0.15) is 0 Å². The lowest BCUT2D eigenvalue weighted by Crippen LogP contribution is -2.45. The molecule has 0 saturated carbocycles. The summed E-state index contributed by atoms with van der Waals surface area (Å²) < 4.78 is 0. The second-order valence-corrected chi connectivity index (χ2v) is 4.96. The van der Waals surface area contributed by atoms with Gasteiger partial charge in [-0.25, -0.2) is 4.79 Å². The lowest BCUT2D eigenvalue weighted by atomic mass is 9.96. The standard InChI is InChI=1S/C14H26N2O5/c1-2-3-4-5-6-10(7-8-15)13(19)16-11(14(20)21)9-12(17)18/h2,10-12,17-18H,1,3-9,15H2,(H,16,19)(H,20,21)/t10?,11-/m0/s1. The van der Waals surface area contributed by atoms with Crippen LogP contribution in [0.3, 0.4) is 0 Å². The normalized spacial score (nSPS) is 13.7. The van der Waals surface area contributed by atoms with E-state index in [4.69, 9.17) is 21.1 Å². The molecule has 0 aliphatic carbocycles. The van der Waals surface area contributed by atoms with E-state index in [2.05, 4.69) is 11.9 Å². The summed E-state index contributed by atoms with van der Waals surface area (Å²) in [5.74, 6) is -2.07. The first-order chi connectivity index (χ1) is 9.92. The Bertz CT molecular complexity index is 333. The summed E-state index contributed by atoms with van der Waals surface area (Å²) in [4.78, 5) is 23.1. The van der Waals surface area contributed by atoms with Crippen LogP contribution in [0.15, 0.2) is 12.7 Å². The molecule has 1 unspecified atom stereocenters. The summed E-state index contributed by atoms with van der Waals surface area (Å²) in [6.07, 6.45) is 3.25. The number of unbranched alkanes of at least 4 members (excludes halogenated alkanes) is 2. The molecule has 0 rings (SSSR count). The van der Waals surface area contributed by atoms with Gasteiger partial charge in [-0.05, 0) is 32.2 Å². The number of allylic oxidation sites excluding steroid dienone is 1. The third-order valence-corrected chi connectivity index (χ3v) is 3.16. The highest BCUT2D eigenvalue weighted by atomic mass is 16.5. The summed E-state index contributed by atoms with van der Waals surface area (Å²) in [6.45, 7) is 3.96. The number of carbonyl (C=O) groups excluding carboxylic acids is 1. The van der Waals surface area contributed by atoms with Crippen LogP contribution in [0.2, 0.25) is 0 Å². The number of aliphatic hydroxyl groups excluding tert-OH is 1. The van der Waals surface area contributed by atoms with Crippen molar-refractivity contribution in [2.24, 2.45) is 11.7 Å². The van der Waals surface area contributed by atoms with Crippen molar-refractivity contribution in [2.45, 2.75) is 50.9 Å². The molecule has 0 aliphatic heterocycles. The molecule has 0 aromatic rings. The van der Waals surface area contributed by atoms with Crippen LogP contribution in [0.4, 0.5) is 0 Å². The monoisotopic (exact) mass is 302 g/mol. The molecule has 21 heavy (non-hydrogen) atoms. The lowest BCUT2D eigenvalue weighted by molar-refractivity contribution is -0.146.